The molecular weight excluding hydrogens is 417 g/mol. The third-order valence-corrected chi connectivity index (χ3v) is 4.45. The predicted molar refractivity (Wildman–Crippen MR) is 106 cm³/mol. The standard InChI is InChI=1S/C20H17F3N4O4/c1-10(24-25-18(30)12-3-8-15(28)16(29)9-12)17-11(2)26-27(19(17)31)14-6-4-13(5-7-14)20(21,22)23/h3-9,26,28-29H,1-2H3,(H,25,30). The zero-order valence-corrected chi connectivity index (χ0v) is 16.3. The normalized spacial score (nSPS) is 12.1. The highest BCUT2D eigenvalue weighted by Crippen LogP contribution is 2.29. The number of aromatic hydroxyl groups is 2. The van der Waals surface area contributed by atoms with E-state index < -0.39 is 29.0 Å². The molecule has 1 amide bonds. The van der Waals surface area contributed by atoms with Gasteiger partial charge < -0.3 is 10.2 Å². The number of hydrogen-bond acceptors (Lipinski definition) is 5. The smallest absolute Gasteiger partial charge is 0.416 e. The number of hydrogen-bond donors (Lipinski definition) is 4. The Kier molecular flexibility index (Phi) is 5.60. The Morgan fingerprint density at radius 3 is 2.32 bits per heavy atom. The Morgan fingerprint density at radius 1 is 1.10 bits per heavy atom. The maximum Gasteiger partial charge on any atom is 0.416 e. The first-order valence-corrected chi connectivity index (χ1v) is 8.85. The van der Waals surface area contributed by atoms with Gasteiger partial charge in [-0.05, 0) is 56.3 Å². The lowest BCUT2D eigenvalue weighted by atomic mass is 10.2. The molecule has 0 aliphatic carbocycles. The van der Waals surface area contributed by atoms with Crippen LogP contribution in [0.3, 0.4) is 0 Å². The van der Waals surface area contributed by atoms with E-state index in [0.29, 0.717) is 5.69 Å². The summed E-state index contributed by atoms with van der Waals surface area (Å²) in [6.45, 7) is 3.05. The number of aryl methyl sites for hydroxylation is 1. The molecule has 0 atom stereocenters. The summed E-state index contributed by atoms with van der Waals surface area (Å²) in [5.41, 5.74) is 1.74. The fraction of sp³-hybridized carbons (Fsp3) is 0.150. The molecule has 0 saturated carbocycles. The summed E-state index contributed by atoms with van der Waals surface area (Å²) in [4.78, 5) is 24.9. The SMILES string of the molecule is CC(=NNC(=O)c1ccc(O)c(O)c1)c1c(C)[nH]n(-c2ccc(C(F)(F)F)cc2)c1=O. The summed E-state index contributed by atoms with van der Waals surface area (Å²) in [7, 11) is 0. The number of nitrogens with zero attached hydrogens (tertiary/aromatic N) is 2. The van der Waals surface area contributed by atoms with E-state index in [1.807, 2.05) is 0 Å². The van der Waals surface area contributed by atoms with Crippen LogP contribution in [0.25, 0.3) is 5.69 Å². The molecule has 0 aliphatic rings. The number of phenols is 2. The molecule has 3 rings (SSSR count). The van der Waals surface area contributed by atoms with Gasteiger partial charge in [0.15, 0.2) is 11.5 Å². The zero-order valence-electron chi connectivity index (χ0n) is 16.3. The number of nitrogens with one attached hydrogen (secondary N) is 2. The number of carbonyl (C=O) groups excluding carboxylic acids is 1. The van der Waals surface area contributed by atoms with E-state index in [-0.39, 0.29) is 28.3 Å². The van der Waals surface area contributed by atoms with Crippen molar-refractivity contribution in [2.45, 2.75) is 20.0 Å². The van der Waals surface area contributed by atoms with E-state index in [9.17, 15) is 33.0 Å². The summed E-state index contributed by atoms with van der Waals surface area (Å²) >= 11 is 0. The molecule has 8 nitrogen and oxygen atoms in total. The summed E-state index contributed by atoms with van der Waals surface area (Å²) in [6.07, 6.45) is -4.49. The topological polar surface area (TPSA) is 120 Å². The van der Waals surface area contributed by atoms with Crippen molar-refractivity contribution in [1.82, 2.24) is 15.2 Å². The second-order valence-corrected chi connectivity index (χ2v) is 6.64. The third kappa shape index (κ3) is 4.44. The number of hydrazone groups is 1. The van der Waals surface area contributed by atoms with Crippen LogP contribution in [0.5, 0.6) is 11.5 Å². The van der Waals surface area contributed by atoms with Crippen LogP contribution in [0, 0.1) is 6.92 Å². The number of halogens is 3. The molecule has 0 radical (unpaired) electrons. The van der Waals surface area contributed by atoms with E-state index in [2.05, 4.69) is 15.6 Å². The summed E-state index contributed by atoms with van der Waals surface area (Å²) in [5, 5.41) is 25.4. The van der Waals surface area contributed by atoms with Crippen molar-refractivity contribution >= 4 is 11.6 Å². The maximum absolute atomic E-state index is 12.8. The van der Waals surface area contributed by atoms with Crippen LogP contribution in [-0.4, -0.2) is 31.6 Å². The zero-order chi connectivity index (χ0) is 22.9. The molecule has 1 aromatic heterocycles. The van der Waals surface area contributed by atoms with Gasteiger partial charge in [0.1, 0.15) is 0 Å². The number of rotatable bonds is 4. The molecule has 0 unspecified atom stereocenters. The molecule has 0 bridgehead atoms. The monoisotopic (exact) mass is 434 g/mol. The quantitative estimate of drug-likeness (QED) is 0.287. The van der Waals surface area contributed by atoms with E-state index in [1.165, 1.54) is 13.0 Å². The van der Waals surface area contributed by atoms with Gasteiger partial charge in [-0.1, -0.05) is 0 Å². The number of alkyl halides is 3. The first-order valence-electron chi connectivity index (χ1n) is 8.85. The van der Waals surface area contributed by atoms with E-state index in [4.69, 9.17) is 0 Å². The molecule has 4 N–H and O–H groups in total. The minimum Gasteiger partial charge on any atom is -0.504 e. The molecular formula is C20H17F3N4O4. The molecule has 0 aliphatic heterocycles. The lowest BCUT2D eigenvalue weighted by Gasteiger charge is -2.07. The predicted octanol–water partition coefficient (Wildman–Crippen LogP) is 3.06. The number of H-pyrrole nitrogens is 1. The number of benzene rings is 2. The van der Waals surface area contributed by atoms with Gasteiger partial charge in [-0.3, -0.25) is 14.7 Å². The van der Waals surface area contributed by atoms with Gasteiger partial charge in [0.2, 0.25) is 0 Å². The lowest BCUT2D eigenvalue weighted by molar-refractivity contribution is -0.137. The van der Waals surface area contributed by atoms with Gasteiger partial charge in [-0.2, -0.15) is 18.3 Å². The average molecular weight is 434 g/mol. The van der Waals surface area contributed by atoms with E-state index >= 15 is 0 Å². The third-order valence-electron chi connectivity index (χ3n) is 4.45. The first kappa shape index (κ1) is 21.7. The molecule has 0 spiro atoms. The Morgan fingerprint density at radius 2 is 1.74 bits per heavy atom. The van der Waals surface area contributed by atoms with Crippen molar-refractivity contribution in [3.05, 3.63) is 75.2 Å². The average Bonchev–Trinajstić information content (AvgIpc) is 3.01. The fourth-order valence-corrected chi connectivity index (χ4v) is 2.87. The van der Waals surface area contributed by atoms with Crippen LogP contribution in [0.2, 0.25) is 0 Å². The highest BCUT2D eigenvalue weighted by Gasteiger charge is 2.30. The van der Waals surface area contributed by atoms with Gasteiger partial charge in [0.25, 0.3) is 11.5 Å². The largest absolute Gasteiger partial charge is 0.504 e. The number of amides is 1. The Hall–Kier alpha value is -4.02. The molecule has 162 valence electrons. The van der Waals surface area contributed by atoms with Crippen molar-refractivity contribution < 1.29 is 28.2 Å². The highest BCUT2D eigenvalue weighted by atomic mass is 19.4. The van der Waals surface area contributed by atoms with Crippen molar-refractivity contribution in [2.75, 3.05) is 0 Å². The number of aromatic nitrogens is 2. The second kappa shape index (κ2) is 8.01. The summed E-state index contributed by atoms with van der Waals surface area (Å²) < 4.78 is 39.3. The van der Waals surface area contributed by atoms with Gasteiger partial charge in [0, 0.05) is 11.3 Å². The molecule has 0 saturated heterocycles. The van der Waals surface area contributed by atoms with Crippen molar-refractivity contribution in [3.8, 4) is 17.2 Å². The van der Waals surface area contributed by atoms with Crippen LogP contribution < -0.4 is 11.0 Å². The van der Waals surface area contributed by atoms with E-state index in [0.717, 1.165) is 41.1 Å². The summed E-state index contributed by atoms with van der Waals surface area (Å²) in [6, 6.07) is 7.52. The highest BCUT2D eigenvalue weighted by molar-refractivity contribution is 6.01. The second-order valence-electron chi connectivity index (χ2n) is 6.64. The van der Waals surface area contributed by atoms with Gasteiger partial charge in [-0.15, -0.1) is 0 Å². The minimum absolute atomic E-state index is 0.0276. The van der Waals surface area contributed by atoms with Crippen molar-refractivity contribution in [3.63, 3.8) is 0 Å². The first-order chi connectivity index (χ1) is 14.5. The molecule has 3 aromatic rings. The number of phenolic OH excluding ortho intramolecular Hbond substituents is 2. The number of carbonyl (C=O) groups is 1. The minimum atomic E-state index is -4.49. The van der Waals surface area contributed by atoms with Crippen molar-refractivity contribution in [2.24, 2.45) is 5.10 Å². The van der Waals surface area contributed by atoms with Crippen molar-refractivity contribution in [1.29, 1.82) is 0 Å². The Labute approximate surface area is 173 Å². The van der Waals surface area contributed by atoms with Gasteiger partial charge in [0.05, 0.1) is 22.5 Å². The molecule has 1 heterocycles. The van der Waals surface area contributed by atoms with Crippen LogP contribution in [0.15, 0.2) is 52.4 Å². The Balaban J connectivity index is 1.86. The number of aromatic amines is 1. The molecule has 31 heavy (non-hydrogen) atoms. The molecule has 0 fully saturated rings. The van der Waals surface area contributed by atoms with Crippen LogP contribution >= 0.6 is 0 Å². The summed E-state index contributed by atoms with van der Waals surface area (Å²) in [5.74, 6) is -1.55. The van der Waals surface area contributed by atoms with Gasteiger partial charge >= 0.3 is 6.18 Å². The van der Waals surface area contributed by atoms with Gasteiger partial charge in [-0.25, -0.2) is 10.1 Å². The molecule has 11 heteroatoms. The van der Waals surface area contributed by atoms with Crippen LogP contribution in [0.4, 0.5) is 13.2 Å². The van der Waals surface area contributed by atoms with Crippen LogP contribution in [0.1, 0.15) is 34.1 Å². The van der Waals surface area contributed by atoms with Crippen LogP contribution in [-0.2, 0) is 6.18 Å². The Bertz CT molecular complexity index is 1220. The molecule has 2 aromatic carbocycles. The fourth-order valence-electron chi connectivity index (χ4n) is 2.87. The lowest BCUT2D eigenvalue weighted by Crippen LogP contribution is -2.23. The maximum atomic E-state index is 12.8. The van der Waals surface area contributed by atoms with E-state index in [1.54, 1.807) is 6.92 Å².